The number of nitrogens with zero attached hydrogens (tertiary/aromatic N) is 5. The summed E-state index contributed by atoms with van der Waals surface area (Å²) in [7, 11) is 0. The number of hydrogen-bond donors (Lipinski definition) is 1. The van der Waals surface area contributed by atoms with Gasteiger partial charge in [0.15, 0.2) is 0 Å². The van der Waals surface area contributed by atoms with E-state index in [0.29, 0.717) is 5.92 Å². The number of hydrogen-bond acceptors (Lipinski definition) is 4. The number of rotatable bonds is 8. The zero-order valence-corrected chi connectivity index (χ0v) is 11.7. The summed E-state index contributed by atoms with van der Waals surface area (Å²) >= 11 is 0. The van der Waals surface area contributed by atoms with Crippen LogP contribution in [-0.2, 0) is 19.6 Å². The summed E-state index contributed by atoms with van der Waals surface area (Å²) in [5.74, 6) is 0.658. The molecule has 0 radical (unpaired) electrons. The number of aromatic nitrogens is 5. The maximum absolute atomic E-state index is 4.16. The van der Waals surface area contributed by atoms with E-state index in [9.17, 15) is 0 Å². The fourth-order valence-corrected chi connectivity index (χ4v) is 1.85. The molecule has 0 unspecified atom stereocenters. The van der Waals surface area contributed by atoms with E-state index in [0.717, 1.165) is 38.3 Å². The normalized spacial score (nSPS) is 11.3. The fraction of sp³-hybridized carbons (Fsp3) is 0.615. The molecule has 0 amide bonds. The topological polar surface area (TPSA) is 60.6 Å². The van der Waals surface area contributed by atoms with Crippen molar-refractivity contribution in [2.45, 2.75) is 39.9 Å². The summed E-state index contributed by atoms with van der Waals surface area (Å²) in [6, 6.07) is 0. The Balaban J connectivity index is 1.68. The highest BCUT2D eigenvalue weighted by molar-refractivity contribution is 4.91. The highest BCUT2D eigenvalue weighted by Crippen LogP contribution is 1.97. The Hall–Kier alpha value is -1.69. The third-order valence-electron chi connectivity index (χ3n) is 2.81. The molecule has 0 aliphatic carbocycles. The number of aryl methyl sites for hydroxylation is 2. The number of nitrogens with one attached hydrogen (secondary N) is 1. The summed E-state index contributed by atoms with van der Waals surface area (Å²) in [5.41, 5.74) is 1.00. The van der Waals surface area contributed by atoms with Gasteiger partial charge in [0, 0.05) is 38.2 Å². The molecule has 2 rings (SSSR count). The fourth-order valence-electron chi connectivity index (χ4n) is 1.85. The van der Waals surface area contributed by atoms with Crippen LogP contribution in [0.3, 0.4) is 0 Å². The van der Waals surface area contributed by atoms with Crippen LogP contribution in [0.4, 0.5) is 0 Å². The van der Waals surface area contributed by atoms with Gasteiger partial charge >= 0.3 is 0 Å². The molecule has 2 heterocycles. The highest BCUT2D eigenvalue weighted by Gasteiger charge is 2.01. The largest absolute Gasteiger partial charge is 0.337 e. The molecular formula is C13H22N6. The van der Waals surface area contributed by atoms with Gasteiger partial charge in [0.25, 0.3) is 0 Å². The van der Waals surface area contributed by atoms with E-state index < -0.39 is 0 Å². The van der Waals surface area contributed by atoms with Crippen LogP contribution in [0.1, 0.15) is 26.0 Å². The molecule has 6 heteroatoms. The van der Waals surface area contributed by atoms with E-state index in [1.54, 1.807) is 6.20 Å². The molecular weight excluding hydrogens is 240 g/mol. The third kappa shape index (κ3) is 4.82. The van der Waals surface area contributed by atoms with Crippen LogP contribution in [0.15, 0.2) is 24.9 Å². The average Bonchev–Trinajstić information content (AvgIpc) is 3.00. The molecule has 0 spiro atoms. The van der Waals surface area contributed by atoms with Gasteiger partial charge in [-0.3, -0.25) is 4.68 Å². The first kappa shape index (κ1) is 13.7. The third-order valence-corrected chi connectivity index (χ3v) is 2.81. The molecule has 2 aromatic rings. The molecule has 0 saturated heterocycles. The van der Waals surface area contributed by atoms with Crippen LogP contribution in [0.25, 0.3) is 0 Å². The van der Waals surface area contributed by atoms with Crippen molar-refractivity contribution in [1.82, 2.24) is 29.9 Å². The first-order chi connectivity index (χ1) is 9.24. The molecule has 0 aromatic carbocycles. The van der Waals surface area contributed by atoms with Gasteiger partial charge in [0.05, 0.1) is 12.0 Å². The molecule has 104 valence electrons. The monoisotopic (exact) mass is 262 g/mol. The Morgan fingerprint density at radius 2 is 2.21 bits per heavy atom. The van der Waals surface area contributed by atoms with Crippen molar-refractivity contribution in [2.75, 3.05) is 6.54 Å². The van der Waals surface area contributed by atoms with Crippen LogP contribution in [0.5, 0.6) is 0 Å². The van der Waals surface area contributed by atoms with Gasteiger partial charge in [-0.1, -0.05) is 19.1 Å². The summed E-state index contributed by atoms with van der Waals surface area (Å²) in [6.07, 6.45) is 8.65. The average molecular weight is 262 g/mol. The van der Waals surface area contributed by atoms with Crippen molar-refractivity contribution >= 4 is 0 Å². The van der Waals surface area contributed by atoms with Crippen LogP contribution < -0.4 is 5.32 Å². The Kier molecular flexibility index (Phi) is 5.09. The standard InChI is InChI=1S/C13H22N6/c1-12(2)8-15-9-13-10-19(17-16-13)6-3-5-18-7-4-14-11-18/h4,7,10-12,15H,3,5-6,8-9H2,1-2H3. The predicted octanol–water partition coefficient (Wildman–Crippen LogP) is 1.31. The minimum atomic E-state index is 0.658. The van der Waals surface area contributed by atoms with Crippen molar-refractivity contribution in [1.29, 1.82) is 0 Å². The highest BCUT2D eigenvalue weighted by atomic mass is 15.4. The van der Waals surface area contributed by atoms with E-state index in [4.69, 9.17) is 0 Å². The lowest BCUT2D eigenvalue weighted by Crippen LogP contribution is -2.19. The summed E-state index contributed by atoms with van der Waals surface area (Å²) in [5, 5.41) is 11.7. The van der Waals surface area contributed by atoms with E-state index in [-0.39, 0.29) is 0 Å². The molecule has 0 bridgehead atoms. The minimum absolute atomic E-state index is 0.658. The first-order valence-electron chi connectivity index (χ1n) is 6.79. The van der Waals surface area contributed by atoms with E-state index in [1.165, 1.54) is 0 Å². The van der Waals surface area contributed by atoms with E-state index in [2.05, 4.69) is 39.0 Å². The van der Waals surface area contributed by atoms with Gasteiger partial charge in [-0.15, -0.1) is 5.10 Å². The zero-order chi connectivity index (χ0) is 13.5. The van der Waals surface area contributed by atoms with Crippen LogP contribution in [0, 0.1) is 5.92 Å². The van der Waals surface area contributed by atoms with Crippen molar-refractivity contribution < 1.29 is 0 Å². The van der Waals surface area contributed by atoms with Crippen molar-refractivity contribution in [2.24, 2.45) is 5.92 Å². The zero-order valence-electron chi connectivity index (χ0n) is 11.7. The lowest BCUT2D eigenvalue weighted by atomic mass is 10.2. The minimum Gasteiger partial charge on any atom is -0.337 e. The van der Waals surface area contributed by atoms with Gasteiger partial charge in [0.2, 0.25) is 0 Å². The molecule has 0 fully saturated rings. The number of imidazole rings is 1. The Labute approximate surface area is 113 Å². The maximum Gasteiger partial charge on any atom is 0.0964 e. The molecule has 0 aliphatic heterocycles. The molecule has 1 N–H and O–H groups in total. The summed E-state index contributed by atoms with van der Waals surface area (Å²) in [4.78, 5) is 4.02. The Morgan fingerprint density at radius 3 is 2.95 bits per heavy atom. The molecule has 0 aliphatic rings. The van der Waals surface area contributed by atoms with Crippen molar-refractivity contribution in [3.63, 3.8) is 0 Å². The molecule has 6 nitrogen and oxygen atoms in total. The van der Waals surface area contributed by atoms with Crippen molar-refractivity contribution in [3.05, 3.63) is 30.6 Å². The second-order valence-corrected chi connectivity index (χ2v) is 5.15. The Morgan fingerprint density at radius 1 is 1.32 bits per heavy atom. The molecule has 0 saturated carbocycles. The lowest BCUT2D eigenvalue weighted by Gasteiger charge is -2.04. The second kappa shape index (κ2) is 7.04. The molecule has 2 aromatic heterocycles. The van der Waals surface area contributed by atoms with Gasteiger partial charge in [-0.25, -0.2) is 4.98 Å². The van der Waals surface area contributed by atoms with Gasteiger partial charge in [-0.2, -0.15) is 0 Å². The van der Waals surface area contributed by atoms with E-state index >= 15 is 0 Å². The van der Waals surface area contributed by atoms with Gasteiger partial charge < -0.3 is 9.88 Å². The lowest BCUT2D eigenvalue weighted by molar-refractivity contribution is 0.514. The quantitative estimate of drug-likeness (QED) is 0.779. The van der Waals surface area contributed by atoms with Gasteiger partial charge in [0.1, 0.15) is 0 Å². The predicted molar refractivity (Wildman–Crippen MR) is 73.4 cm³/mol. The second-order valence-electron chi connectivity index (χ2n) is 5.15. The summed E-state index contributed by atoms with van der Waals surface area (Å²) < 4.78 is 3.98. The van der Waals surface area contributed by atoms with Crippen LogP contribution in [-0.4, -0.2) is 31.1 Å². The van der Waals surface area contributed by atoms with Crippen LogP contribution >= 0.6 is 0 Å². The van der Waals surface area contributed by atoms with E-state index in [1.807, 2.05) is 23.4 Å². The SMILES string of the molecule is CC(C)CNCc1cn(CCCn2ccnc2)nn1. The van der Waals surface area contributed by atoms with Gasteiger partial charge in [-0.05, 0) is 18.9 Å². The molecule has 0 atom stereocenters. The van der Waals surface area contributed by atoms with Crippen molar-refractivity contribution in [3.8, 4) is 0 Å². The first-order valence-corrected chi connectivity index (χ1v) is 6.79. The van der Waals surface area contributed by atoms with Crippen LogP contribution in [0.2, 0.25) is 0 Å². The smallest absolute Gasteiger partial charge is 0.0964 e. The Bertz CT molecular complexity index is 459. The molecule has 19 heavy (non-hydrogen) atoms. The maximum atomic E-state index is 4.16. The summed E-state index contributed by atoms with van der Waals surface area (Å²) in [6.45, 7) is 8.03.